The lowest BCUT2D eigenvalue weighted by atomic mass is 10.2. The van der Waals surface area contributed by atoms with Gasteiger partial charge < -0.3 is 14.7 Å². The number of carboxylic acid groups (broad SMARTS) is 1. The maximum Gasteiger partial charge on any atom is 0.332 e. The minimum absolute atomic E-state index is 0.00562. The molecule has 1 heterocycles. The van der Waals surface area contributed by atoms with Crippen LogP contribution in [0.25, 0.3) is 0 Å². The van der Waals surface area contributed by atoms with Crippen LogP contribution in [0, 0.1) is 0 Å². The second-order valence-electron chi connectivity index (χ2n) is 4.61. The number of aliphatic carboxylic acids is 1. The molecule has 0 bridgehead atoms. The van der Waals surface area contributed by atoms with Crippen LogP contribution in [0.2, 0.25) is 0 Å². The van der Waals surface area contributed by atoms with Gasteiger partial charge in [-0.2, -0.15) is 0 Å². The molecule has 1 rings (SSSR count). The molecule has 2 unspecified atom stereocenters. The summed E-state index contributed by atoms with van der Waals surface area (Å²) >= 11 is 0. The number of nitrogens with zero attached hydrogens (tertiary/aromatic N) is 1. The van der Waals surface area contributed by atoms with Crippen molar-refractivity contribution in [3.8, 4) is 0 Å². The van der Waals surface area contributed by atoms with E-state index in [2.05, 4.69) is 0 Å². The molecule has 106 valence electrons. The van der Waals surface area contributed by atoms with Crippen molar-refractivity contribution in [3.63, 3.8) is 0 Å². The van der Waals surface area contributed by atoms with Crippen molar-refractivity contribution in [2.45, 2.75) is 31.9 Å². The summed E-state index contributed by atoms with van der Waals surface area (Å²) in [5.41, 5.74) is 0. The Morgan fingerprint density at radius 1 is 1.56 bits per heavy atom. The predicted molar refractivity (Wildman–Crippen MR) is 67.4 cm³/mol. The fourth-order valence-corrected chi connectivity index (χ4v) is 3.91. The van der Waals surface area contributed by atoms with Crippen molar-refractivity contribution in [3.05, 3.63) is 0 Å². The third kappa shape index (κ3) is 4.55. The van der Waals surface area contributed by atoms with Gasteiger partial charge in [-0.3, -0.25) is 0 Å². The van der Waals surface area contributed by atoms with Gasteiger partial charge in [0.25, 0.3) is 0 Å². The van der Waals surface area contributed by atoms with E-state index in [1.54, 1.807) is 6.92 Å². The van der Waals surface area contributed by atoms with Gasteiger partial charge in [-0.05, 0) is 26.8 Å². The number of sulfone groups is 1. The van der Waals surface area contributed by atoms with Crippen LogP contribution in [-0.4, -0.2) is 68.2 Å². The molecule has 18 heavy (non-hydrogen) atoms. The molecule has 7 heteroatoms. The molecule has 0 radical (unpaired) electrons. The summed E-state index contributed by atoms with van der Waals surface area (Å²) in [6.07, 6.45) is 0.192. The van der Waals surface area contributed by atoms with Gasteiger partial charge in [0.15, 0.2) is 15.9 Å². The van der Waals surface area contributed by atoms with E-state index in [1.165, 1.54) is 0 Å². The number of carbonyl (C=O) groups is 1. The van der Waals surface area contributed by atoms with E-state index in [0.717, 1.165) is 0 Å². The molecule has 1 saturated heterocycles. The van der Waals surface area contributed by atoms with E-state index in [-0.39, 0.29) is 17.5 Å². The lowest BCUT2D eigenvalue weighted by molar-refractivity contribution is -0.150. The molecular formula is C11H21NO5S. The Balaban J connectivity index is 2.40. The molecule has 0 aromatic heterocycles. The highest BCUT2D eigenvalue weighted by Crippen LogP contribution is 2.17. The molecule has 1 N–H and O–H groups in total. The highest BCUT2D eigenvalue weighted by Gasteiger charge is 2.31. The fraction of sp³-hybridized carbons (Fsp3) is 0.909. The highest BCUT2D eigenvalue weighted by molar-refractivity contribution is 7.91. The summed E-state index contributed by atoms with van der Waals surface area (Å²) < 4.78 is 27.8. The monoisotopic (exact) mass is 279 g/mol. The summed E-state index contributed by atoms with van der Waals surface area (Å²) in [6, 6.07) is 0.00562. The molecule has 1 aliphatic rings. The first-order valence-corrected chi connectivity index (χ1v) is 7.93. The molecular weight excluding hydrogens is 258 g/mol. The van der Waals surface area contributed by atoms with Crippen LogP contribution < -0.4 is 0 Å². The third-order valence-corrected chi connectivity index (χ3v) is 4.97. The van der Waals surface area contributed by atoms with Crippen molar-refractivity contribution < 1.29 is 23.1 Å². The van der Waals surface area contributed by atoms with Gasteiger partial charge in [0, 0.05) is 19.2 Å². The summed E-state index contributed by atoms with van der Waals surface area (Å²) in [5.74, 6) is -0.560. The Hall–Kier alpha value is -0.660. The van der Waals surface area contributed by atoms with E-state index in [9.17, 15) is 13.2 Å². The minimum atomic E-state index is -2.89. The van der Waals surface area contributed by atoms with Crippen LogP contribution in [0.4, 0.5) is 0 Å². The standard InChI is InChI=1S/C11H21NO5S/c1-3-17-10(11(13)14)4-6-12(2)9-5-7-18(15,16)8-9/h9-10H,3-8H2,1-2H3,(H,13,14). The Bertz CT molecular complexity index is 381. The Labute approximate surface area is 108 Å². The van der Waals surface area contributed by atoms with E-state index in [1.807, 2.05) is 11.9 Å². The second kappa shape index (κ2) is 6.49. The smallest absolute Gasteiger partial charge is 0.332 e. The van der Waals surface area contributed by atoms with E-state index in [0.29, 0.717) is 26.0 Å². The fourth-order valence-electron chi connectivity index (χ4n) is 2.11. The number of ether oxygens (including phenoxy) is 1. The molecule has 1 aliphatic heterocycles. The maximum atomic E-state index is 11.3. The Kier molecular flexibility index (Phi) is 5.55. The first kappa shape index (κ1) is 15.4. The molecule has 2 atom stereocenters. The summed E-state index contributed by atoms with van der Waals surface area (Å²) in [6.45, 7) is 2.64. The molecule has 0 saturated carbocycles. The summed E-state index contributed by atoms with van der Waals surface area (Å²) in [7, 11) is -1.07. The van der Waals surface area contributed by atoms with Crippen LogP contribution >= 0.6 is 0 Å². The number of hydrogen-bond acceptors (Lipinski definition) is 5. The lowest BCUT2D eigenvalue weighted by Crippen LogP contribution is -2.36. The normalized spacial score (nSPS) is 24.3. The van der Waals surface area contributed by atoms with E-state index >= 15 is 0 Å². The minimum Gasteiger partial charge on any atom is -0.479 e. The zero-order valence-corrected chi connectivity index (χ0v) is 11.6. The number of carboxylic acids is 1. The van der Waals surface area contributed by atoms with Gasteiger partial charge in [0.2, 0.25) is 0 Å². The Morgan fingerprint density at radius 2 is 2.22 bits per heavy atom. The number of hydrogen-bond donors (Lipinski definition) is 1. The quantitative estimate of drug-likeness (QED) is 0.705. The molecule has 0 spiro atoms. The molecule has 0 amide bonds. The largest absolute Gasteiger partial charge is 0.479 e. The molecule has 6 nitrogen and oxygen atoms in total. The zero-order chi connectivity index (χ0) is 13.8. The predicted octanol–water partition coefficient (Wildman–Crippen LogP) is -0.0149. The van der Waals surface area contributed by atoms with Crippen molar-refractivity contribution in [2.75, 3.05) is 31.7 Å². The SMILES string of the molecule is CCOC(CCN(C)C1CCS(=O)(=O)C1)C(=O)O. The topological polar surface area (TPSA) is 83.9 Å². The van der Waals surface area contributed by atoms with Crippen LogP contribution in [0.3, 0.4) is 0 Å². The van der Waals surface area contributed by atoms with Crippen molar-refractivity contribution in [1.82, 2.24) is 4.90 Å². The van der Waals surface area contributed by atoms with Gasteiger partial charge in [0.1, 0.15) is 0 Å². The summed E-state index contributed by atoms with van der Waals surface area (Å²) in [5, 5.41) is 8.93. The van der Waals surface area contributed by atoms with Crippen LogP contribution in [0.15, 0.2) is 0 Å². The maximum absolute atomic E-state index is 11.3. The molecule has 0 aromatic carbocycles. The second-order valence-corrected chi connectivity index (χ2v) is 6.84. The van der Waals surface area contributed by atoms with E-state index < -0.39 is 21.9 Å². The van der Waals surface area contributed by atoms with E-state index in [4.69, 9.17) is 9.84 Å². The molecule has 1 fully saturated rings. The van der Waals surface area contributed by atoms with Gasteiger partial charge in [0.05, 0.1) is 11.5 Å². The number of rotatable bonds is 7. The van der Waals surface area contributed by atoms with Gasteiger partial charge >= 0.3 is 5.97 Å². The van der Waals surface area contributed by atoms with Crippen LogP contribution in [-0.2, 0) is 19.4 Å². The van der Waals surface area contributed by atoms with Crippen LogP contribution in [0.1, 0.15) is 19.8 Å². The average Bonchev–Trinajstić information content (AvgIpc) is 2.64. The molecule has 0 aliphatic carbocycles. The zero-order valence-electron chi connectivity index (χ0n) is 10.8. The van der Waals surface area contributed by atoms with Gasteiger partial charge in [-0.25, -0.2) is 13.2 Å². The highest BCUT2D eigenvalue weighted by atomic mass is 32.2. The molecule has 0 aromatic rings. The van der Waals surface area contributed by atoms with Gasteiger partial charge in [-0.15, -0.1) is 0 Å². The average molecular weight is 279 g/mol. The Morgan fingerprint density at radius 3 is 2.67 bits per heavy atom. The van der Waals surface area contributed by atoms with Crippen molar-refractivity contribution in [2.24, 2.45) is 0 Å². The van der Waals surface area contributed by atoms with Crippen molar-refractivity contribution in [1.29, 1.82) is 0 Å². The third-order valence-electron chi connectivity index (χ3n) is 3.22. The van der Waals surface area contributed by atoms with Crippen molar-refractivity contribution >= 4 is 15.8 Å². The summed E-state index contributed by atoms with van der Waals surface area (Å²) in [4.78, 5) is 12.8. The lowest BCUT2D eigenvalue weighted by Gasteiger charge is -2.24. The van der Waals surface area contributed by atoms with Gasteiger partial charge in [-0.1, -0.05) is 0 Å². The first-order chi connectivity index (χ1) is 8.35. The first-order valence-electron chi connectivity index (χ1n) is 6.10. The van der Waals surface area contributed by atoms with Crippen LogP contribution in [0.5, 0.6) is 0 Å².